The molecule has 0 fully saturated rings. The average Bonchev–Trinajstić information content (AvgIpc) is 2.89. The maximum Gasteiger partial charge on any atom is 0.262 e. The van der Waals surface area contributed by atoms with Gasteiger partial charge in [-0.25, -0.2) is 4.98 Å². The summed E-state index contributed by atoms with van der Waals surface area (Å²) < 4.78 is 1.59. The summed E-state index contributed by atoms with van der Waals surface area (Å²) in [6.45, 7) is 6.92. The second kappa shape index (κ2) is 11.8. The number of nitrogens with one attached hydrogen (secondary N) is 1. The number of carbonyl (C=O) groups is 2. The van der Waals surface area contributed by atoms with Crippen LogP contribution in [-0.2, 0) is 6.54 Å². The Hall–Kier alpha value is -3.42. The van der Waals surface area contributed by atoms with E-state index in [0.29, 0.717) is 51.2 Å². The normalized spacial score (nSPS) is 11.2. The molecule has 3 aromatic carbocycles. The zero-order chi connectivity index (χ0) is 26.5. The molecule has 0 unspecified atom stereocenters. The van der Waals surface area contributed by atoms with Crippen molar-refractivity contribution in [3.05, 3.63) is 104 Å². The summed E-state index contributed by atoms with van der Waals surface area (Å²) in [5, 5.41) is 4.28. The highest BCUT2D eigenvalue weighted by atomic mass is 35.5. The van der Waals surface area contributed by atoms with Crippen LogP contribution in [0.1, 0.15) is 45.7 Å². The van der Waals surface area contributed by atoms with Gasteiger partial charge in [-0.15, -0.1) is 0 Å². The monoisotopic (exact) mass is 533 g/mol. The highest BCUT2D eigenvalue weighted by Gasteiger charge is 2.16. The number of hydrogen-bond acceptors (Lipinski definition) is 5. The lowest BCUT2D eigenvalue weighted by Gasteiger charge is -2.14. The molecule has 1 amide bonds. The number of fused-ring (bicyclic) bond motifs is 1. The van der Waals surface area contributed by atoms with Crippen molar-refractivity contribution in [1.29, 1.82) is 0 Å². The number of aryl methyl sites for hydroxylation is 1. The Morgan fingerprint density at radius 3 is 2.35 bits per heavy atom. The predicted molar refractivity (Wildman–Crippen MR) is 150 cm³/mol. The molecule has 0 aliphatic heterocycles. The van der Waals surface area contributed by atoms with Gasteiger partial charge < -0.3 is 5.32 Å². The lowest BCUT2D eigenvalue weighted by molar-refractivity contribution is 0.0948. The predicted octanol–water partition coefficient (Wildman–Crippen LogP) is 5.77. The van der Waals surface area contributed by atoms with E-state index in [-0.39, 0.29) is 23.0 Å². The first-order valence-corrected chi connectivity index (χ1v) is 13.4. The summed E-state index contributed by atoms with van der Waals surface area (Å²) in [7, 11) is 0. The maximum absolute atomic E-state index is 13.6. The van der Waals surface area contributed by atoms with E-state index in [9.17, 15) is 14.4 Å². The fourth-order valence-electron chi connectivity index (χ4n) is 3.72. The van der Waals surface area contributed by atoms with Crippen molar-refractivity contribution < 1.29 is 9.59 Å². The number of Topliss-reactive ketones (excluding diaryl/α,β-unsaturated/α-hetero) is 1. The minimum Gasteiger partial charge on any atom is -0.352 e. The molecule has 0 aliphatic carbocycles. The lowest BCUT2D eigenvalue weighted by atomic mass is 10.1. The molecule has 1 N–H and O–H groups in total. The second-order valence-electron chi connectivity index (χ2n) is 9.33. The number of rotatable bonds is 9. The van der Waals surface area contributed by atoms with Gasteiger partial charge in [-0.2, -0.15) is 0 Å². The summed E-state index contributed by atoms with van der Waals surface area (Å²) in [5.74, 6) is 0.105. The van der Waals surface area contributed by atoms with Gasteiger partial charge in [-0.05, 0) is 60.9 Å². The van der Waals surface area contributed by atoms with Gasteiger partial charge >= 0.3 is 0 Å². The fourth-order valence-corrected chi connectivity index (χ4v) is 4.73. The van der Waals surface area contributed by atoms with Crippen molar-refractivity contribution in [2.24, 2.45) is 5.92 Å². The zero-order valence-corrected chi connectivity index (χ0v) is 22.5. The molecule has 0 bridgehead atoms. The molecule has 0 spiro atoms. The van der Waals surface area contributed by atoms with Gasteiger partial charge in [0.2, 0.25) is 0 Å². The quantitative estimate of drug-likeness (QED) is 0.168. The molecular formula is C29H28ClN3O3S. The Kier molecular flexibility index (Phi) is 8.46. The molecular weight excluding hydrogens is 506 g/mol. The molecule has 0 atom stereocenters. The van der Waals surface area contributed by atoms with Crippen molar-refractivity contribution in [3.8, 4) is 0 Å². The largest absolute Gasteiger partial charge is 0.352 e. The first-order valence-electron chi connectivity index (χ1n) is 12.0. The number of carbonyl (C=O) groups excluding carboxylic acids is 2. The minimum atomic E-state index is -0.221. The number of hydrogen-bond donors (Lipinski definition) is 1. The van der Waals surface area contributed by atoms with Crippen LogP contribution in [0.5, 0.6) is 0 Å². The van der Waals surface area contributed by atoms with Crippen LogP contribution in [0.3, 0.4) is 0 Å². The third kappa shape index (κ3) is 6.67. The Morgan fingerprint density at radius 2 is 1.68 bits per heavy atom. The van der Waals surface area contributed by atoms with Gasteiger partial charge in [0.1, 0.15) is 0 Å². The molecule has 4 rings (SSSR count). The van der Waals surface area contributed by atoms with Gasteiger partial charge in [-0.3, -0.25) is 19.0 Å². The van der Waals surface area contributed by atoms with Crippen molar-refractivity contribution in [3.63, 3.8) is 0 Å². The van der Waals surface area contributed by atoms with Crippen molar-refractivity contribution in [1.82, 2.24) is 14.9 Å². The topological polar surface area (TPSA) is 81.1 Å². The number of benzene rings is 3. The molecule has 1 aromatic heterocycles. The second-order valence-corrected chi connectivity index (χ2v) is 10.7. The van der Waals surface area contributed by atoms with Crippen LogP contribution in [0.25, 0.3) is 10.9 Å². The number of halogens is 1. The van der Waals surface area contributed by atoms with E-state index >= 15 is 0 Å². The third-order valence-electron chi connectivity index (χ3n) is 5.81. The van der Waals surface area contributed by atoms with E-state index in [4.69, 9.17) is 16.6 Å². The number of ketones is 1. The van der Waals surface area contributed by atoms with Gasteiger partial charge in [0.05, 0.1) is 23.2 Å². The van der Waals surface area contributed by atoms with E-state index in [2.05, 4.69) is 5.32 Å². The first kappa shape index (κ1) is 26.6. The molecule has 1 heterocycles. The summed E-state index contributed by atoms with van der Waals surface area (Å²) in [5.41, 5.74) is 3.24. The molecule has 190 valence electrons. The standard InChI is InChI=1S/C29H28ClN3O3S/c1-18(2)15-31-27(35)22-10-13-24-25(14-22)32-29(37-17-26(34)21-8-11-23(30)12-9-21)33(28(24)36)16-20-6-4-19(3)5-7-20/h4-14,18H,15-17H2,1-3H3,(H,31,35). The highest BCUT2D eigenvalue weighted by Crippen LogP contribution is 2.22. The molecule has 8 heteroatoms. The molecule has 0 saturated carbocycles. The van der Waals surface area contributed by atoms with Gasteiger partial charge in [0, 0.05) is 22.7 Å². The SMILES string of the molecule is Cc1ccc(Cn2c(SCC(=O)c3ccc(Cl)cc3)nc3cc(C(=O)NCC(C)C)ccc3c2=O)cc1. The van der Waals surface area contributed by atoms with Gasteiger partial charge in [0.25, 0.3) is 11.5 Å². The Balaban J connectivity index is 1.70. The third-order valence-corrected chi connectivity index (χ3v) is 7.04. The number of amides is 1. The summed E-state index contributed by atoms with van der Waals surface area (Å²) in [4.78, 5) is 43.8. The van der Waals surface area contributed by atoms with Crippen LogP contribution >= 0.6 is 23.4 Å². The Morgan fingerprint density at radius 1 is 1.00 bits per heavy atom. The minimum absolute atomic E-state index is 0.0975. The number of aromatic nitrogens is 2. The lowest BCUT2D eigenvalue weighted by Crippen LogP contribution is -2.28. The van der Waals surface area contributed by atoms with Crippen LogP contribution < -0.4 is 10.9 Å². The van der Waals surface area contributed by atoms with Gasteiger partial charge in [0.15, 0.2) is 10.9 Å². The summed E-state index contributed by atoms with van der Waals surface area (Å²) in [6, 6.07) is 19.6. The van der Waals surface area contributed by atoms with E-state index in [1.807, 2.05) is 45.0 Å². The van der Waals surface area contributed by atoms with Crippen LogP contribution in [0.4, 0.5) is 0 Å². The summed E-state index contributed by atoms with van der Waals surface area (Å²) >= 11 is 7.15. The van der Waals surface area contributed by atoms with Gasteiger partial charge in [-0.1, -0.05) is 67.0 Å². The van der Waals surface area contributed by atoms with E-state index in [1.165, 1.54) is 11.8 Å². The molecule has 0 aliphatic rings. The molecule has 4 aromatic rings. The highest BCUT2D eigenvalue weighted by molar-refractivity contribution is 7.99. The van der Waals surface area contributed by atoms with Crippen LogP contribution in [0.15, 0.2) is 76.7 Å². The van der Waals surface area contributed by atoms with Crippen molar-refractivity contribution in [2.45, 2.75) is 32.5 Å². The van der Waals surface area contributed by atoms with Crippen LogP contribution in [0.2, 0.25) is 5.02 Å². The number of thioether (sulfide) groups is 1. The average molecular weight is 534 g/mol. The smallest absolute Gasteiger partial charge is 0.262 e. The molecule has 0 radical (unpaired) electrons. The molecule has 37 heavy (non-hydrogen) atoms. The van der Waals surface area contributed by atoms with Crippen molar-refractivity contribution in [2.75, 3.05) is 12.3 Å². The van der Waals surface area contributed by atoms with Crippen LogP contribution in [0, 0.1) is 12.8 Å². The maximum atomic E-state index is 13.6. The van der Waals surface area contributed by atoms with Crippen molar-refractivity contribution >= 4 is 46.0 Å². The van der Waals surface area contributed by atoms with E-state index in [1.54, 1.807) is 47.0 Å². The molecule has 6 nitrogen and oxygen atoms in total. The van der Waals surface area contributed by atoms with E-state index < -0.39 is 0 Å². The van der Waals surface area contributed by atoms with E-state index in [0.717, 1.165) is 11.1 Å². The molecule has 0 saturated heterocycles. The first-order chi connectivity index (χ1) is 17.7. The summed E-state index contributed by atoms with van der Waals surface area (Å²) in [6.07, 6.45) is 0. The zero-order valence-electron chi connectivity index (χ0n) is 21.0. The van der Waals surface area contributed by atoms with Crippen LogP contribution in [-0.4, -0.2) is 33.5 Å². The Bertz CT molecular complexity index is 1500. The Labute approximate surface area is 225 Å². The number of nitrogens with zero attached hydrogens (tertiary/aromatic N) is 2. The fraction of sp³-hybridized carbons (Fsp3) is 0.241.